The number of alkyl halides is 2. The molecule has 0 heterocycles. The number of hydrogen-bond donors (Lipinski definition) is 1. The fourth-order valence-corrected chi connectivity index (χ4v) is 0.576. The lowest BCUT2D eigenvalue weighted by molar-refractivity contribution is 0.108. The van der Waals surface area contributed by atoms with Crippen LogP contribution >= 0.6 is 0 Å². The van der Waals surface area contributed by atoms with E-state index in [1.807, 2.05) is 0 Å². The first-order chi connectivity index (χ1) is 5.07. The summed E-state index contributed by atoms with van der Waals surface area (Å²) in [6, 6.07) is -0.465. The molecule has 5 heteroatoms. The highest BCUT2D eigenvalue weighted by Crippen LogP contribution is 1.95. The number of nitrogens with zero attached hydrogens (tertiary/aromatic N) is 1. The molecule has 2 amide bonds. The smallest absolute Gasteiger partial charge is 0.317 e. The van der Waals surface area contributed by atoms with Crippen LogP contribution in [0, 0.1) is 0 Å². The maximum absolute atomic E-state index is 11.7. The first-order valence-electron chi connectivity index (χ1n) is 3.35. The summed E-state index contributed by atoms with van der Waals surface area (Å²) in [7, 11) is 1.33. The van der Waals surface area contributed by atoms with E-state index in [2.05, 4.69) is 5.32 Å². The molecule has 0 saturated heterocycles. The van der Waals surface area contributed by atoms with Gasteiger partial charge in [0, 0.05) is 13.6 Å². The summed E-state index contributed by atoms with van der Waals surface area (Å²) in [5.41, 5.74) is 0. The number of nitrogens with one attached hydrogen (secondary N) is 1. The van der Waals surface area contributed by atoms with Gasteiger partial charge >= 0.3 is 6.03 Å². The fraction of sp³-hybridized carbons (Fsp3) is 0.833. The number of amides is 2. The van der Waals surface area contributed by atoms with E-state index in [1.54, 1.807) is 6.92 Å². The number of hydrogen-bond acceptors (Lipinski definition) is 1. The van der Waals surface area contributed by atoms with Gasteiger partial charge in [-0.2, -0.15) is 0 Å². The number of rotatable bonds is 3. The Morgan fingerprint density at radius 3 is 2.55 bits per heavy atom. The molecule has 0 fully saturated rings. The van der Waals surface area contributed by atoms with Crippen LogP contribution in [0.5, 0.6) is 0 Å². The van der Waals surface area contributed by atoms with Crippen LogP contribution < -0.4 is 5.32 Å². The highest BCUT2D eigenvalue weighted by molar-refractivity contribution is 5.73. The first-order valence-corrected chi connectivity index (χ1v) is 3.35. The van der Waals surface area contributed by atoms with Crippen LogP contribution in [-0.4, -0.2) is 37.5 Å². The number of urea groups is 1. The van der Waals surface area contributed by atoms with E-state index in [-0.39, 0.29) is 0 Å². The zero-order valence-corrected chi connectivity index (χ0v) is 6.60. The van der Waals surface area contributed by atoms with Crippen LogP contribution in [0.2, 0.25) is 0 Å². The summed E-state index contributed by atoms with van der Waals surface area (Å²) in [6.07, 6.45) is -2.47. The predicted octanol–water partition coefficient (Wildman–Crippen LogP) is 0.913. The number of halogens is 2. The predicted molar refractivity (Wildman–Crippen MR) is 37.7 cm³/mol. The summed E-state index contributed by atoms with van der Waals surface area (Å²) in [5, 5.41) is 2.40. The Hall–Kier alpha value is -0.870. The molecule has 1 N–H and O–H groups in total. The Morgan fingerprint density at radius 1 is 1.64 bits per heavy atom. The minimum Gasteiger partial charge on any atom is -0.338 e. The maximum Gasteiger partial charge on any atom is 0.317 e. The molecule has 0 bridgehead atoms. The molecule has 0 unspecified atom stereocenters. The van der Waals surface area contributed by atoms with Gasteiger partial charge in [0.05, 0.1) is 6.54 Å². The quantitative estimate of drug-likeness (QED) is 0.664. The zero-order chi connectivity index (χ0) is 8.85. The highest BCUT2D eigenvalue weighted by atomic mass is 19.3. The van der Waals surface area contributed by atoms with Gasteiger partial charge in [0.25, 0.3) is 6.43 Å². The van der Waals surface area contributed by atoms with Crippen LogP contribution in [-0.2, 0) is 0 Å². The van der Waals surface area contributed by atoms with Gasteiger partial charge in [-0.3, -0.25) is 0 Å². The lowest BCUT2D eigenvalue weighted by Crippen LogP contribution is -2.39. The molecule has 0 aromatic rings. The van der Waals surface area contributed by atoms with Gasteiger partial charge in [-0.05, 0) is 6.92 Å². The molecular formula is C6H12F2N2O. The second kappa shape index (κ2) is 4.87. The molecular weight excluding hydrogens is 154 g/mol. The molecule has 3 nitrogen and oxygen atoms in total. The lowest BCUT2D eigenvalue weighted by atomic mass is 10.6. The number of carbonyl (C=O) groups is 1. The van der Waals surface area contributed by atoms with E-state index in [0.717, 1.165) is 4.90 Å². The van der Waals surface area contributed by atoms with Gasteiger partial charge in [0.1, 0.15) is 0 Å². The maximum atomic E-state index is 11.7. The Labute approximate surface area is 64.4 Å². The van der Waals surface area contributed by atoms with E-state index >= 15 is 0 Å². The van der Waals surface area contributed by atoms with Crippen molar-refractivity contribution in [1.29, 1.82) is 0 Å². The lowest BCUT2D eigenvalue weighted by Gasteiger charge is -2.16. The van der Waals surface area contributed by atoms with Crippen molar-refractivity contribution in [2.75, 3.05) is 20.1 Å². The topological polar surface area (TPSA) is 32.3 Å². The Bertz CT molecular complexity index is 130. The van der Waals surface area contributed by atoms with Crippen molar-refractivity contribution in [2.24, 2.45) is 0 Å². The van der Waals surface area contributed by atoms with E-state index in [4.69, 9.17) is 0 Å². The molecule has 0 radical (unpaired) electrons. The van der Waals surface area contributed by atoms with E-state index in [1.165, 1.54) is 7.05 Å². The minimum atomic E-state index is -2.47. The second-order valence-electron chi connectivity index (χ2n) is 2.11. The van der Waals surface area contributed by atoms with Crippen LogP contribution in [0.15, 0.2) is 0 Å². The first kappa shape index (κ1) is 10.1. The third-order valence-electron chi connectivity index (χ3n) is 1.09. The van der Waals surface area contributed by atoms with E-state index < -0.39 is 19.0 Å². The number of carbonyl (C=O) groups excluding carboxylic acids is 1. The van der Waals surface area contributed by atoms with Crippen molar-refractivity contribution in [3.05, 3.63) is 0 Å². The summed E-state index contributed by atoms with van der Waals surface area (Å²) in [6.45, 7) is 1.66. The van der Waals surface area contributed by atoms with Gasteiger partial charge in [0.2, 0.25) is 0 Å². The molecule has 0 aromatic carbocycles. The van der Waals surface area contributed by atoms with Crippen LogP contribution in [0.1, 0.15) is 6.92 Å². The average Bonchev–Trinajstić information content (AvgIpc) is 1.86. The summed E-state index contributed by atoms with van der Waals surface area (Å²) in [4.78, 5) is 11.7. The van der Waals surface area contributed by atoms with E-state index in [0.29, 0.717) is 6.54 Å². The summed E-state index contributed by atoms with van der Waals surface area (Å²) >= 11 is 0. The van der Waals surface area contributed by atoms with Crippen molar-refractivity contribution >= 4 is 6.03 Å². The van der Waals surface area contributed by atoms with E-state index in [9.17, 15) is 13.6 Å². The minimum absolute atomic E-state index is 0.451. The molecule has 66 valence electrons. The van der Waals surface area contributed by atoms with Gasteiger partial charge in [-0.25, -0.2) is 13.6 Å². The summed E-state index contributed by atoms with van der Waals surface area (Å²) in [5.74, 6) is 0. The Balaban J connectivity index is 3.64. The highest BCUT2D eigenvalue weighted by Gasteiger charge is 2.11. The van der Waals surface area contributed by atoms with Gasteiger partial charge in [0.15, 0.2) is 0 Å². The SMILES string of the molecule is CCNC(=O)N(C)CC(F)F. The van der Waals surface area contributed by atoms with Crippen LogP contribution in [0.4, 0.5) is 13.6 Å². The van der Waals surface area contributed by atoms with Crippen LogP contribution in [0.3, 0.4) is 0 Å². The average molecular weight is 166 g/mol. The van der Waals surface area contributed by atoms with Gasteiger partial charge in [-0.1, -0.05) is 0 Å². The van der Waals surface area contributed by atoms with Crippen molar-refractivity contribution in [3.63, 3.8) is 0 Å². The molecule has 0 atom stereocenters. The van der Waals surface area contributed by atoms with Gasteiger partial charge < -0.3 is 10.2 Å². The Morgan fingerprint density at radius 2 is 2.18 bits per heavy atom. The monoisotopic (exact) mass is 166 g/mol. The van der Waals surface area contributed by atoms with Crippen LogP contribution in [0.25, 0.3) is 0 Å². The van der Waals surface area contributed by atoms with Gasteiger partial charge in [-0.15, -0.1) is 0 Å². The van der Waals surface area contributed by atoms with Crippen molar-refractivity contribution in [1.82, 2.24) is 10.2 Å². The normalized spacial score (nSPS) is 9.91. The van der Waals surface area contributed by atoms with Crippen molar-refractivity contribution in [2.45, 2.75) is 13.3 Å². The molecule has 11 heavy (non-hydrogen) atoms. The standard InChI is InChI=1S/C6H12F2N2O/c1-3-9-6(11)10(2)4-5(7)8/h5H,3-4H2,1-2H3,(H,9,11). The molecule has 0 aliphatic carbocycles. The molecule has 0 rings (SSSR count). The molecule has 0 aliphatic rings. The third kappa shape index (κ3) is 4.52. The van der Waals surface area contributed by atoms with Crippen molar-refractivity contribution in [3.8, 4) is 0 Å². The van der Waals surface area contributed by atoms with Crippen molar-refractivity contribution < 1.29 is 13.6 Å². The zero-order valence-electron chi connectivity index (χ0n) is 6.60. The molecule has 0 aromatic heterocycles. The molecule has 0 aliphatic heterocycles. The molecule has 0 spiro atoms. The largest absolute Gasteiger partial charge is 0.338 e. The third-order valence-corrected chi connectivity index (χ3v) is 1.09. The second-order valence-corrected chi connectivity index (χ2v) is 2.11. The summed E-state index contributed by atoms with van der Waals surface area (Å²) < 4.78 is 23.3. The molecule has 0 saturated carbocycles. The fourth-order valence-electron chi connectivity index (χ4n) is 0.576. The Kier molecular flexibility index (Phi) is 4.49.